The zero-order valence-electron chi connectivity index (χ0n) is 51.0. The van der Waals surface area contributed by atoms with Crippen molar-refractivity contribution in [3.8, 4) is 0 Å². The van der Waals surface area contributed by atoms with Crippen LogP contribution in [0.4, 0.5) is 51.2 Å². The Bertz CT molecular complexity index is 3780. The van der Waals surface area contributed by atoms with Gasteiger partial charge in [0.2, 0.25) is 0 Å². The minimum absolute atomic E-state index is 0.000757. The Kier molecular flexibility index (Phi) is 11.6. The lowest BCUT2D eigenvalue weighted by molar-refractivity contribution is 0.330. The second-order valence-corrected chi connectivity index (χ2v) is 29.5. The lowest BCUT2D eigenvalue weighted by Crippen LogP contribution is -2.62. The molecular weight excluding hydrogens is 966 g/mol. The van der Waals surface area contributed by atoms with Gasteiger partial charge in [0.15, 0.2) is 0 Å². The number of fused-ring (bicyclic) bond motifs is 7. The Hall–Kier alpha value is -6.78. The van der Waals surface area contributed by atoms with Crippen LogP contribution in [0.2, 0.25) is 0 Å². The van der Waals surface area contributed by atoms with Crippen molar-refractivity contribution in [2.45, 2.75) is 181 Å². The quantitative estimate of drug-likeness (QED) is 0.147. The summed E-state index contributed by atoms with van der Waals surface area (Å²) in [5, 5.41) is 0. The van der Waals surface area contributed by atoms with E-state index < -0.39 is 0 Å². The highest BCUT2D eigenvalue weighted by Gasteiger charge is 2.50. The van der Waals surface area contributed by atoms with Crippen molar-refractivity contribution >= 4 is 74.3 Å². The summed E-state index contributed by atoms with van der Waals surface area (Å²) in [7, 11) is 0. The largest absolute Gasteiger partial charge is 0.311 e. The SMILES string of the molecule is Cc1cc2c(cc1N1c3cc4c(cc3B3c5ccc(C(C)(C)c6ccccc6)cc5N(c5ccc6c(c5C)C(C)(C)CCC6(C)C)c5cc(N(c6ccccc6)c6ccccc6)cc1c53)C(C)(C)CCC4(C)C)C(C)(C)CC2(C)C. The summed E-state index contributed by atoms with van der Waals surface area (Å²) in [5.74, 6) is 0. The number of anilines is 9. The lowest BCUT2D eigenvalue weighted by atomic mass is 9.33. The molecule has 0 amide bonds. The van der Waals surface area contributed by atoms with Crippen LogP contribution in [0.5, 0.6) is 0 Å². The molecule has 0 saturated carbocycles. The average molecular weight is 1050 g/mol. The van der Waals surface area contributed by atoms with E-state index in [1.165, 1.54) is 113 Å². The number of hydrogen-bond acceptors (Lipinski definition) is 3. The highest BCUT2D eigenvalue weighted by Crippen LogP contribution is 2.57. The summed E-state index contributed by atoms with van der Waals surface area (Å²) in [6, 6.07) is 61.7. The van der Waals surface area contributed by atoms with Crippen LogP contribution in [0.1, 0.15) is 185 Å². The summed E-state index contributed by atoms with van der Waals surface area (Å²) < 4.78 is 0. The first-order chi connectivity index (χ1) is 37.7. The maximum atomic E-state index is 2.76. The van der Waals surface area contributed by atoms with Crippen molar-refractivity contribution in [1.82, 2.24) is 0 Å². The molecule has 13 rings (SSSR count). The highest BCUT2D eigenvalue weighted by atomic mass is 15.2. The highest BCUT2D eigenvalue weighted by molar-refractivity contribution is 7.00. The number of para-hydroxylation sites is 2. The molecule has 0 fully saturated rings. The van der Waals surface area contributed by atoms with Gasteiger partial charge in [-0.3, -0.25) is 0 Å². The van der Waals surface area contributed by atoms with E-state index in [9.17, 15) is 0 Å². The molecule has 3 nitrogen and oxygen atoms in total. The molecule has 0 unspecified atom stereocenters. The van der Waals surface area contributed by atoms with Gasteiger partial charge in [-0.1, -0.05) is 194 Å². The van der Waals surface area contributed by atoms with Crippen LogP contribution in [0, 0.1) is 13.8 Å². The number of rotatable bonds is 7. The molecule has 5 aliphatic rings. The molecule has 8 aromatic rings. The first-order valence-electron chi connectivity index (χ1n) is 30.1. The first-order valence-corrected chi connectivity index (χ1v) is 30.1. The molecule has 8 aromatic carbocycles. The van der Waals surface area contributed by atoms with Crippen molar-refractivity contribution in [1.29, 1.82) is 0 Å². The summed E-state index contributed by atoms with van der Waals surface area (Å²) in [5.41, 5.74) is 29.3. The van der Waals surface area contributed by atoms with Crippen molar-refractivity contribution in [2.24, 2.45) is 0 Å². The molecule has 0 atom stereocenters. The number of hydrogen-bond donors (Lipinski definition) is 0. The van der Waals surface area contributed by atoms with Crippen LogP contribution in [0.3, 0.4) is 0 Å². The summed E-state index contributed by atoms with van der Waals surface area (Å²) in [4.78, 5) is 8.02. The Morgan fingerprint density at radius 3 is 1.45 bits per heavy atom. The van der Waals surface area contributed by atoms with E-state index in [0.29, 0.717) is 0 Å². The van der Waals surface area contributed by atoms with E-state index in [1.807, 2.05) is 0 Å². The fourth-order valence-corrected chi connectivity index (χ4v) is 16.3. The van der Waals surface area contributed by atoms with Gasteiger partial charge in [0.25, 0.3) is 6.71 Å². The molecule has 80 heavy (non-hydrogen) atoms. The number of aryl methyl sites for hydroxylation is 1. The maximum Gasteiger partial charge on any atom is 0.252 e. The van der Waals surface area contributed by atoms with E-state index in [4.69, 9.17) is 0 Å². The molecule has 4 heteroatoms. The van der Waals surface area contributed by atoms with Crippen molar-refractivity contribution < 1.29 is 0 Å². The number of nitrogens with zero attached hydrogens (tertiary/aromatic N) is 3. The van der Waals surface area contributed by atoms with E-state index in [-0.39, 0.29) is 44.6 Å². The summed E-state index contributed by atoms with van der Waals surface area (Å²) in [6.45, 7) is 39.4. The van der Waals surface area contributed by atoms with Gasteiger partial charge in [0.05, 0.1) is 5.69 Å². The smallest absolute Gasteiger partial charge is 0.252 e. The third kappa shape index (κ3) is 7.87. The summed E-state index contributed by atoms with van der Waals surface area (Å²) >= 11 is 0. The molecule has 0 aromatic heterocycles. The van der Waals surface area contributed by atoms with Gasteiger partial charge in [-0.05, 0) is 211 Å². The van der Waals surface area contributed by atoms with Crippen molar-refractivity contribution in [3.63, 3.8) is 0 Å². The predicted molar refractivity (Wildman–Crippen MR) is 344 cm³/mol. The van der Waals surface area contributed by atoms with Gasteiger partial charge in [0.1, 0.15) is 0 Å². The molecule has 0 spiro atoms. The second kappa shape index (κ2) is 17.6. The van der Waals surface area contributed by atoms with E-state index >= 15 is 0 Å². The molecule has 2 heterocycles. The molecular formula is C76H84BN3. The fraction of sp³-hybridized carbons (Fsp3) is 0.368. The molecule has 3 aliphatic carbocycles. The van der Waals surface area contributed by atoms with E-state index in [2.05, 4.69) is 283 Å². The van der Waals surface area contributed by atoms with E-state index in [0.717, 1.165) is 42.7 Å². The van der Waals surface area contributed by atoms with Crippen molar-refractivity contribution in [3.05, 3.63) is 213 Å². The van der Waals surface area contributed by atoms with Gasteiger partial charge < -0.3 is 14.7 Å². The fourth-order valence-electron chi connectivity index (χ4n) is 16.3. The zero-order valence-corrected chi connectivity index (χ0v) is 51.0. The molecule has 0 N–H and O–H groups in total. The predicted octanol–water partition coefficient (Wildman–Crippen LogP) is 18.8. The Balaban J connectivity index is 1.21. The monoisotopic (exact) mass is 1050 g/mol. The van der Waals surface area contributed by atoms with Crippen molar-refractivity contribution in [2.75, 3.05) is 14.7 Å². The minimum Gasteiger partial charge on any atom is -0.311 e. The molecule has 0 saturated heterocycles. The third-order valence-electron chi connectivity index (χ3n) is 20.9. The Labute approximate surface area is 480 Å². The van der Waals surface area contributed by atoms with Crippen LogP contribution < -0.4 is 31.1 Å². The van der Waals surface area contributed by atoms with Crippen LogP contribution in [-0.4, -0.2) is 6.71 Å². The van der Waals surface area contributed by atoms with Gasteiger partial charge >= 0.3 is 0 Å². The first kappa shape index (κ1) is 52.6. The maximum absolute atomic E-state index is 2.76. The third-order valence-corrected chi connectivity index (χ3v) is 20.9. The topological polar surface area (TPSA) is 9.72 Å². The Morgan fingerprint density at radius 1 is 0.388 bits per heavy atom. The Morgan fingerprint density at radius 2 is 0.863 bits per heavy atom. The van der Waals surface area contributed by atoms with Gasteiger partial charge in [-0.2, -0.15) is 0 Å². The molecule has 2 aliphatic heterocycles. The van der Waals surface area contributed by atoms with Crippen LogP contribution in [0.15, 0.2) is 158 Å². The average Bonchev–Trinajstić information content (AvgIpc) is 3.69. The van der Waals surface area contributed by atoms with Gasteiger partial charge in [-0.15, -0.1) is 0 Å². The van der Waals surface area contributed by atoms with Gasteiger partial charge in [0, 0.05) is 50.9 Å². The van der Waals surface area contributed by atoms with Crippen LogP contribution in [0.25, 0.3) is 0 Å². The molecule has 0 radical (unpaired) electrons. The van der Waals surface area contributed by atoms with Gasteiger partial charge in [-0.25, -0.2) is 0 Å². The van der Waals surface area contributed by atoms with Crippen LogP contribution >= 0.6 is 0 Å². The lowest BCUT2D eigenvalue weighted by Gasteiger charge is -2.49. The molecule has 406 valence electrons. The zero-order chi connectivity index (χ0) is 56.4. The molecule has 0 bridgehead atoms. The number of benzene rings is 8. The normalized spacial score (nSPS) is 19.0. The van der Waals surface area contributed by atoms with E-state index in [1.54, 1.807) is 0 Å². The standard InChI is InChI=1S/C76H84BN3/c1-48-40-56-59(75(13,14)47-74(56,11)12)45-63(48)80-65-46-58-57(71(5,6)36-37-72(58,7)8)44-61(65)77-60-34-32-51(76(15,16)50-26-20-17-21-27-50)41-64(60)79(62-35-33-55-68(49(62)2)73(9,10)39-38-70(55,3)4)66-42-54(43-67(80)69(66)77)78(52-28-22-18-23-29-52)53-30-24-19-25-31-53/h17-35,40-46H,36-39,47H2,1-16H3. The summed E-state index contributed by atoms with van der Waals surface area (Å²) in [6.07, 6.45) is 5.74. The second-order valence-electron chi connectivity index (χ2n) is 29.5. The minimum atomic E-state index is -0.271. The van der Waals surface area contributed by atoms with Crippen LogP contribution in [-0.2, 0) is 37.9 Å².